The zero-order valence-electron chi connectivity index (χ0n) is 13.4. The second-order valence-electron chi connectivity index (χ2n) is 5.59. The summed E-state index contributed by atoms with van der Waals surface area (Å²) in [6.45, 7) is 0. The smallest absolute Gasteiger partial charge is 0.255 e. The fourth-order valence-corrected chi connectivity index (χ4v) is 3.72. The fraction of sp³-hybridized carbons (Fsp3) is 0.0556. The molecule has 0 aliphatic carbocycles. The largest absolute Gasteiger partial charge is 0.324 e. The summed E-state index contributed by atoms with van der Waals surface area (Å²) < 4.78 is 1.60. The molecule has 3 aromatic rings. The van der Waals surface area contributed by atoms with Gasteiger partial charge in [0.25, 0.3) is 5.91 Å². The third kappa shape index (κ3) is 3.18. The molecular weight excluding hydrogens is 372 g/mol. The Hall–Kier alpha value is -2.77. The Kier molecular flexibility index (Phi) is 4.40. The molecule has 2 amide bonds. The van der Waals surface area contributed by atoms with Crippen molar-refractivity contribution in [2.24, 2.45) is 0 Å². The predicted octanol–water partition coefficient (Wildman–Crippen LogP) is 3.82. The van der Waals surface area contributed by atoms with Crippen molar-refractivity contribution in [3.05, 3.63) is 65.4 Å². The molecule has 4 rings (SSSR count). The van der Waals surface area contributed by atoms with E-state index in [9.17, 15) is 9.59 Å². The minimum absolute atomic E-state index is 0.0733. The van der Waals surface area contributed by atoms with E-state index in [2.05, 4.69) is 15.7 Å². The first kappa shape index (κ1) is 16.7. The first-order valence-electron chi connectivity index (χ1n) is 7.78. The Morgan fingerprint density at radius 1 is 1.27 bits per heavy atom. The number of amides is 2. The van der Waals surface area contributed by atoms with E-state index in [1.165, 1.54) is 11.8 Å². The Bertz CT molecular complexity index is 1000. The Labute approximate surface area is 158 Å². The molecule has 1 aliphatic heterocycles. The standard InChI is InChI=1S/C18H13ClN4O2S/c19-12-3-1-4-13(17(12)23-8-2-7-20-23)22-18(25)11-5-6-15-14(9-11)21-16(24)10-26-15/h1-9H,10H2,(H,21,24)(H,22,25). The molecular formula is C18H13ClN4O2S. The molecule has 130 valence electrons. The van der Waals surface area contributed by atoms with Crippen LogP contribution < -0.4 is 10.6 Å². The molecule has 1 aromatic heterocycles. The Morgan fingerprint density at radius 2 is 2.15 bits per heavy atom. The number of nitrogens with one attached hydrogen (secondary N) is 2. The molecule has 0 fully saturated rings. The molecule has 26 heavy (non-hydrogen) atoms. The molecule has 6 nitrogen and oxygen atoms in total. The molecule has 0 spiro atoms. The van der Waals surface area contributed by atoms with Gasteiger partial charge in [-0.15, -0.1) is 11.8 Å². The Balaban J connectivity index is 1.65. The molecule has 2 heterocycles. The van der Waals surface area contributed by atoms with E-state index in [0.29, 0.717) is 33.4 Å². The third-order valence-corrected chi connectivity index (χ3v) is 5.22. The lowest BCUT2D eigenvalue weighted by molar-refractivity contribution is -0.113. The number of para-hydroxylation sites is 1. The summed E-state index contributed by atoms with van der Waals surface area (Å²) in [6, 6.07) is 12.3. The average Bonchev–Trinajstić information content (AvgIpc) is 3.15. The van der Waals surface area contributed by atoms with Gasteiger partial charge >= 0.3 is 0 Å². The van der Waals surface area contributed by atoms with Crippen molar-refractivity contribution in [3.63, 3.8) is 0 Å². The highest BCUT2D eigenvalue weighted by Crippen LogP contribution is 2.33. The fourth-order valence-electron chi connectivity index (χ4n) is 2.67. The third-order valence-electron chi connectivity index (χ3n) is 3.84. The van der Waals surface area contributed by atoms with Crippen molar-refractivity contribution in [1.82, 2.24) is 9.78 Å². The van der Waals surface area contributed by atoms with Gasteiger partial charge in [-0.1, -0.05) is 17.7 Å². The molecule has 2 N–H and O–H groups in total. The zero-order valence-corrected chi connectivity index (χ0v) is 15.0. The second kappa shape index (κ2) is 6.86. The lowest BCUT2D eigenvalue weighted by Gasteiger charge is -2.17. The number of benzene rings is 2. The van der Waals surface area contributed by atoms with Gasteiger partial charge in [0, 0.05) is 22.9 Å². The topological polar surface area (TPSA) is 76.0 Å². The molecule has 1 aliphatic rings. The summed E-state index contributed by atoms with van der Waals surface area (Å²) in [5.41, 5.74) is 2.23. The SMILES string of the molecule is O=C1CSc2ccc(C(=O)Nc3cccc(Cl)c3-n3cccn3)cc2N1. The van der Waals surface area contributed by atoms with Crippen molar-refractivity contribution < 1.29 is 9.59 Å². The highest BCUT2D eigenvalue weighted by atomic mass is 35.5. The molecule has 0 atom stereocenters. The van der Waals surface area contributed by atoms with Gasteiger partial charge < -0.3 is 10.6 Å². The van der Waals surface area contributed by atoms with Crippen LogP contribution in [0, 0.1) is 0 Å². The van der Waals surface area contributed by atoms with Crippen LogP contribution in [0.15, 0.2) is 59.8 Å². The second-order valence-corrected chi connectivity index (χ2v) is 7.01. The lowest BCUT2D eigenvalue weighted by atomic mass is 10.1. The number of carbonyl (C=O) groups excluding carboxylic acids is 2. The highest BCUT2D eigenvalue weighted by Gasteiger charge is 2.18. The first-order chi connectivity index (χ1) is 12.6. The van der Waals surface area contributed by atoms with E-state index in [0.717, 1.165) is 4.90 Å². The van der Waals surface area contributed by atoms with Gasteiger partial charge in [-0.2, -0.15) is 5.10 Å². The summed E-state index contributed by atoms with van der Waals surface area (Å²) in [5.74, 6) is 0.0121. The Morgan fingerprint density at radius 3 is 2.96 bits per heavy atom. The van der Waals surface area contributed by atoms with Gasteiger partial charge in [0.05, 0.1) is 22.2 Å². The summed E-state index contributed by atoms with van der Waals surface area (Å²) in [6.07, 6.45) is 3.39. The molecule has 0 saturated carbocycles. The summed E-state index contributed by atoms with van der Waals surface area (Å²) in [5, 5.41) is 10.3. The number of anilines is 2. The maximum absolute atomic E-state index is 12.7. The molecule has 2 aromatic carbocycles. The average molecular weight is 385 g/mol. The van der Waals surface area contributed by atoms with E-state index >= 15 is 0 Å². The quantitative estimate of drug-likeness (QED) is 0.719. The maximum Gasteiger partial charge on any atom is 0.255 e. The van der Waals surface area contributed by atoms with Crippen molar-refractivity contribution in [2.45, 2.75) is 4.90 Å². The van der Waals surface area contributed by atoms with Crippen LogP contribution in [0.4, 0.5) is 11.4 Å². The minimum Gasteiger partial charge on any atom is -0.324 e. The number of aromatic nitrogens is 2. The van der Waals surface area contributed by atoms with E-state index in [1.54, 1.807) is 53.5 Å². The summed E-state index contributed by atoms with van der Waals surface area (Å²) in [4.78, 5) is 25.2. The zero-order chi connectivity index (χ0) is 18.1. The number of rotatable bonds is 3. The van der Waals surface area contributed by atoms with Gasteiger partial charge in [-0.25, -0.2) is 4.68 Å². The van der Waals surface area contributed by atoms with Gasteiger partial charge in [0.2, 0.25) is 5.91 Å². The van der Waals surface area contributed by atoms with Gasteiger partial charge in [0.1, 0.15) is 5.69 Å². The first-order valence-corrected chi connectivity index (χ1v) is 9.15. The van der Waals surface area contributed by atoms with Gasteiger partial charge in [-0.05, 0) is 36.4 Å². The normalized spacial score (nSPS) is 13.0. The van der Waals surface area contributed by atoms with Crippen LogP contribution in [-0.2, 0) is 4.79 Å². The number of thioether (sulfide) groups is 1. The highest BCUT2D eigenvalue weighted by molar-refractivity contribution is 8.00. The monoisotopic (exact) mass is 384 g/mol. The van der Waals surface area contributed by atoms with E-state index in [1.807, 2.05) is 6.07 Å². The number of halogens is 1. The van der Waals surface area contributed by atoms with Crippen LogP contribution in [0.3, 0.4) is 0 Å². The maximum atomic E-state index is 12.7. The lowest BCUT2D eigenvalue weighted by Crippen LogP contribution is -2.20. The van der Waals surface area contributed by atoms with Crippen molar-refractivity contribution in [3.8, 4) is 5.69 Å². The van der Waals surface area contributed by atoms with E-state index in [4.69, 9.17) is 11.6 Å². The van der Waals surface area contributed by atoms with Crippen LogP contribution in [0.25, 0.3) is 5.69 Å². The summed E-state index contributed by atoms with van der Waals surface area (Å²) >= 11 is 7.75. The number of hydrogen-bond donors (Lipinski definition) is 2. The van der Waals surface area contributed by atoms with Crippen LogP contribution in [-0.4, -0.2) is 27.3 Å². The number of fused-ring (bicyclic) bond motifs is 1. The molecule has 0 bridgehead atoms. The van der Waals surface area contributed by atoms with Crippen LogP contribution in [0.2, 0.25) is 5.02 Å². The molecule has 0 unspecified atom stereocenters. The summed E-state index contributed by atoms with van der Waals surface area (Å²) in [7, 11) is 0. The number of nitrogens with zero attached hydrogens (tertiary/aromatic N) is 2. The van der Waals surface area contributed by atoms with Crippen LogP contribution >= 0.6 is 23.4 Å². The van der Waals surface area contributed by atoms with Crippen molar-refractivity contribution in [2.75, 3.05) is 16.4 Å². The molecule has 8 heteroatoms. The molecule has 0 radical (unpaired) electrons. The number of hydrogen-bond acceptors (Lipinski definition) is 4. The molecule has 0 saturated heterocycles. The van der Waals surface area contributed by atoms with Crippen molar-refractivity contribution >= 4 is 46.6 Å². The van der Waals surface area contributed by atoms with Gasteiger partial charge in [-0.3, -0.25) is 9.59 Å². The van der Waals surface area contributed by atoms with Crippen LogP contribution in [0.1, 0.15) is 10.4 Å². The van der Waals surface area contributed by atoms with Crippen molar-refractivity contribution in [1.29, 1.82) is 0 Å². The van der Waals surface area contributed by atoms with Gasteiger partial charge in [0.15, 0.2) is 0 Å². The minimum atomic E-state index is -0.298. The predicted molar refractivity (Wildman–Crippen MR) is 102 cm³/mol. The van der Waals surface area contributed by atoms with E-state index < -0.39 is 0 Å². The van der Waals surface area contributed by atoms with Crippen LogP contribution in [0.5, 0.6) is 0 Å². The number of carbonyl (C=O) groups is 2. The van der Waals surface area contributed by atoms with E-state index in [-0.39, 0.29) is 11.8 Å².